The fraction of sp³-hybridized carbons (Fsp3) is 0.308. The molecule has 0 bridgehead atoms. The molecule has 0 radical (unpaired) electrons. The lowest BCUT2D eigenvalue weighted by Gasteiger charge is -2.27. The van der Waals surface area contributed by atoms with Crippen LogP contribution >= 0.6 is 0 Å². The van der Waals surface area contributed by atoms with Gasteiger partial charge in [0.1, 0.15) is 0 Å². The first-order valence-electron chi connectivity index (χ1n) is 10.0. The van der Waals surface area contributed by atoms with Gasteiger partial charge in [-0.2, -0.15) is 0 Å². The van der Waals surface area contributed by atoms with Gasteiger partial charge in [0.05, 0.1) is 0 Å². The smallest absolute Gasteiger partial charge is 0.0162 e. The summed E-state index contributed by atoms with van der Waals surface area (Å²) in [6, 6.07) is 22.9. The molecule has 26 heavy (non-hydrogen) atoms. The molecular formula is C26H28. The summed E-state index contributed by atoms with van der Waals surface area (Å²) in [5, 5.41) is 2.66. The van der Waals surface area contributed by atoms with E-state index >= 15 is 0 Å². The Hall–Kier alpha value is -2.34. The third kappa shape index (κ3) is 3.46. The first-order chi connectivity index (χ1) is 12.8. The molecule has 0 atom stereocenters. The molecule has 0 aliphatic heterocycles. The van der Waals surface area contributed by atoms with Crippen LogP contribution in [0.15, 0.2) is 73.3 Å². The number of fused-ring (bicyclic) bond motifs is 1. The van der Waals surface area contributed by atoms with Crippen LogP contribution in [0.1, 0.15) is 49.7 Å². The third-order valence-corrected chi connectivity index (χ3v) is 6.13. The lowest BCUT2D eigenvalue weighted by molar-refractivity contribution is 0.376. The topological polar surface area (TPSA) is 0 Å². The maximum Gasteiger partial charge on any atom is -0.0162 e. The second-order valence-electron chi connectivity index (χ2n) is 7.72. The van der Waals surface area contributed by atoms with Gasteiger partial charge < -0.3 is 0 Å². The van der Waals surface area contributed by atoms with Crippen LogP contribution in [0.2, 0.25) is 0 Å². The van der Waals surface area contributed by atoms with Gasteiger partial charge in [0.25, 0.3) is 0 Å². The molecule has 4 rings (SSSR count). The Morgan fingerprint density at radius 1 is 0.808 bits per heavy atom. The number of rotatable bonds is 4. The van der Waals surface area contributed by atoms with E-state index in [4.69, 9.17) is 0 Å². The van der Waals surface area contributed by atoms with Crippen molar-refractivity contribution in [1.82, 2.24) is 0 Å². The van der Waals surface area contributed by atoms with Crippen molar-refractivity contribution in [1.29, 1.82) is 0 Å². The zero-order valence-electron chi connectivity index (χ0n) is 15.7. The van der Waals surface area contributed by atoms with E-state index in [9.17, 15) is 0 Å². The average Bonchev–Trinajstić information content (AvgIpc) is 2.73. The summed E-state index contributed by atoms with van der Waals surface area (Å²) in [7, 11) is 0. The molecule has 0 amide bonds. The Morgan fingerprint density at radius 2 is 1.46 bits per heavy atom. The Kier molecular flexibility index (Phi) is 4.93. The van der Waals surface area contributed by atoms with E-state index in [0.29, 0.717) is 0 Å². The summed E-state index contributed by atoms with van der Waals surface area (Å²) in [5.41, 5.74) is 5.53. The minimum absolute atomic E-state index is 0.726. The van der Waals surface area contributed by atoms with Crippen molar-refractivity contribution in [2.24, 2.45) is 5.92 Å². The van der Waals surface area contributed by atoms with Gasteiger partial charge in [-0.3, -0.25) is 0 Å². The second kappa shape index (κ2) is 7.50. The van der Waals surface area contributed by atoms with Crippen molar-refractivity contribution in [2.45, 2.75) is 44.9 Å². The van der Waals surface area contributed by atoms with Gasteiger partial charge in [-0.15, -0.1) is 6.58 Å². The largest absolute Gasteiger partial charge is 0.103 e. The van der Waals surface area contributed by atoms with Crippen molar-refractivity contribution < 1.29 is 0 Å². The summed E-state index contributed by atoms with van der Waals surface area (Å²) in [5.74, 6) is 1.46. The van der Waals surface area contributed by atoms with Gasteiger partial charge in [0.2, 0.25) is 0 Å². The van der Waals surface area contributed by atoms with E-state index in [1.807, 2.05) is 0 Å². The Labute approximate surface area is 157 Å². The van der Waals surface area contributed by atoms with E-state index in [1.54, 1.807) is 0 Å². The fourth-order valence-corrected chi connectivity index (χ4v) is 4.33. The van der Waals surface area contributed by atoms with Crippen LogP contribution in [0.25, 0.3) is 21.9 Å². The molecule has 132 valence electrons. The molecule has 0 heteroatoms. The van der Waals surface area contributed by atoms with Crippen LogP contribution in [0, 0.1) is 5.92 Å². The predicted molar refractivity (Wildman–Crippen MR) is 114 cm³/mol. The highest BCUT2D eigenvalue weighted by Gasteiger charge is 2.20. The van der Waals surface area contributed by atoms with Crippen molar-refractivity contribution in [3.63, 3.8) is 0 Å². The standard InChI is InChI=1S/C26H28/c1-3-19-5-8-21(9-6-19)22-11-13-23(14-12-22)25-16-15-24-17-20(4-2)7-10-26(24)18-25/h3,7,10-19,21H,1,4-6,8-9H2,2H3. The van der Waals surface area contributed by atoms with Crippen LogP contribution in [0.4, 0.5) is 0 Å². The van der Waals surface area contributed by atoms with Gasteiger partial charge in [-0.25, -0.2) is 0 Å². The van der Waals surface area contributed by atoms with E-state index in [2.05, 4.69) is 80.2 Å². The highest BCUT2D eigenvalue weighted by molar-refractivity contribution is 5.87. The molecule has 3 aromatic carbocycles. The molecule has 0 N–H and O–H groups in total. The van der Waals surface area contributed by atoms with Crippen LogP contribution in [0.3, 0.4) is 0 Å². The maximum absolute atomic E-state index is 3.96. The molecule has 1 aliphatic rings. The Morgan fingerprint density at radius 3 is 2.15 bits per heavy atom. The zero-order chi connectivity index (χ0) is 17.9. The number of allylic oxidation sites excluding steroid dienone is 1. The zero-order valence-corrected chi connectivity index (χ0v) is 15.7. The van der Waals surface area contributed by atoms with Crippen molar-refractivity contribution >= 4 is 10.8 Å². The molecular weight excluding hydrogens is 312 g/mol. The first-order valence-corrected chi connectivity index (χ1v) is 10.0. The monoisotopic (exact) mass is 340 g/mol. The Balaban J connectivity index is 1.55. The van der Waals surface area contributed by atoms with Crippen LogP contribution in [0.5, 0.6) is 0 Å². The molecule has 0 heterocycles. The quantitative estimate of drug-likeness (QED) is 0.431. The molecule has 0 spiro atoms. The number of hydrogen-bond donors (Lipinski definition) is 0. The van der Waals surface area contributed by atoms with Gasteiger partial charge in [0, 0.05) is 0 Å². The van der Waals surface area contributed by atoms with Crippen LogP contribution in [-0.2, 0) is 6.42 Å². The first kappa shape index (κ1) is 17.1. The molecule has 0 aromatic heterocycles. The summed E-state index contributed by atoms with van der Waals surface area (Å²) in [4.78, 5) is 0. The lowest BCUT2D eigenvalue weighted by Crippen LogP contribution is -2.11. The molecule has 0 nitrogen and oxygen atoms in total. The molecule has 1 fully saturated rings. The van der Waals surface area contributed by atoms with Gasteiger partial charge >= 0.3 is 0 Å². The van der Waals surface area contributed by atoms with E-state index in [0.717, 1.165) is 18.3 Å². The summed E-state index contributed by atoms with van der Waals surface area (Å²) in [6.45, 7) is 6.17. The average molecular weight is 341 g/mol. The minimum atomic E-state index is 0.726. The van der Waals surface area contributed by atoms with Crippen LogP contribution < -0.4 is 0 Å². The van der Waals surface area contributed by atoms with Gasteiger partial charge in [0.15, 0.2) is 0 Å². The minimum Gasteiger partial charge on any atom is -0.103 e. The number of hydrogen-bond acceptors (Lipinski definition) is 0. The normalized spacial score (nSPS) is 20.2. The molecule has 1 saturated carbocycles. The molecule has 0 saturated heterocycles. The SMILES string of the molecule is C=CC1CCC(c2ccc(-c3ccc4cc(CC)ccc4c3)cc2)CC1. The molecule has 0 unspecified atom stereocenters. The fourth-order valence-electron chi connectivity index (χ4n) is 4.33. The van der Waals surface area contributed by atoms with Crippen molar-refractivity contribution in [3.8, 4) is 11.1 Å². The number of aryl methyl sites for hydroxylation is 1. The van der Waals surface area contributed by atoms with E-state index < -0.39 is 0 Å². The predicted octanol–water partition coefficient (Wildman–Crippen LogP) is 7.53. The molecule has 1 aliphatic carbocycles. The molecule has 3 aromatic rings. The van der Waals surface area contributed by atoms with Crippen LogP contribution in [-0.4, -0.2) is 0 Å². The Bertz CT molecular complexity index is 893. The third-order valence-electron chi connectivity index (χ3n) is 6.13. The second-order valence-corrected chi connectivity index (χ2v) is 7.72. The van der Waals surface area contributed by atoms with Crippen molar-refractivity contribution in [2.75, 3.05) is 0 Å². The summed E-state index contributed by atoms with van der Waals surface area (Å²) >= 11 is 0. The van der Waals surface area contributed by atoms with E-state index in [-0.39, 0.29) is 0 Å². The number of benzene rings is 3. The van der Waals surface area contributed by atoms with E-state index in [1.165, 1.54) is 58.7 Å². The summed E-state index contributed by atoms with van der Waals surface area (Å²) in [6.07, 6.45) is 8.41. The highest BCUT2D eigenvalue weighted by atomic mass is 14.2. The maximum atomic E-state index is 3.96. The van der Waals surface area contributed by atoms with Gasteiger partial charge in [-0.1, -0.05) is 67.6 Å². The van der Waals surface area contributed by atoms with Gasteiger partial charge in [-0.05, 0) is 83.0 Å². The summed E-state index contributed by atoms with van der Waals surface area (Å²) < 4.78 is 0. The lowest BCUT2D eigenvalue weighted by atomic mass is 9.78. The van der Waals surface area contributed by atoms with Crippen molar-refractivity contribution in [3.05, 3.63) is 84.4 Å². The highest BCUT2D eigenvalue weighted by Crippen LogP contribution is 2.37.